The van der Waals surface area contributed by atoms with Crippen molar-refractivity contribution in [2.45, 2.75) is 13.0 Å². The summed E-state index contributed by atoms with van der Waals surface area (Å²) in [6.45, 7) is 0.976. The van der Waals surface area contributed by atoms with Gasteiger partial charge in [-0.15, -0.1) is 0 Å². The van der Waals surface area contributed by atoms with E-state index < -0.39 is 9.84 Å². The van der Waals surface area contributed by atoms with Crippen molar-refractivity contribution in [2.24, 2.45) is 5.73 Å². The lowest BCUT2D eigenvalue weighted by molar-refractivity contribution is 0.591. The Bertz CT molecular complexity index is 383. The maximum absolute atomic E-state index is 10.9. The number of aromatic nitrogens is 2. The van der Waals surface area contributed by atoms with Gasteiger partial charge in [-0.2, -0.15) is 0 Å². The molecule has 0 saturated heterocycles. The molecule has 1 aromatic heterocycles. The molecule has 0 unspecified atom stereocenters. The molecule has 0 aliphatic rings. The van der Waals surface area contributed by atoms with Crippen LogP contribution >= 0.6 is 0 Å². The predicted octanol–water partition coefficient (Wildman–Crippen LogP) is -0.571. The summed E-state index contributed by atoms with van der Waals surface area (Å²) >= 11 is 0. The Kier molecular flexibility index (Phi) is 3.65. The zero-order valence-corrected chi connectivity index (χ0v) is 9.00. The standard InChI is InChI=1S/C8H15N3O2S/c1-14(12,13)7-6-11-5-4-10-8(11)2-3-9/h4-5H,2-3,6-7,9H2,1H3. The van der Waals surface area contributed by atoms with E-state index in [1.54, 1.807) is 12.4 Å². The maximum atomic E-state index is 10.9. The van der Waals surface area contributed by atoms with E-state index in [1.165, 1.54) is 6.26 Å². The summed E-state index contributed by atoms with van der Waals surface area (Å²) in [5, 5.41) is 0. The third-order valence-electron chi connectivity index (χ3n) is 1.87. The van der Waals surface area contributed by atoms with Crippen LogP contribution in [0.25, 0.3) is 0 Å². The fraction of sp³-hybridized carbons (Fsp3) is 0.625. The van der Waals surface area contributed by atoms with Crippen molar-refractivity contribution in [2.75, 3.05) is 18.6 Å². The van der Waals surface area contributed by atoms with Crippen LogP contribution in [0.3, 0.4) is 0 Å². The van der Waals surface area contributed by atoms with Crippen LogP contribution in [-0.2, 0) is 22.8 Å². The van der Waals surface area contributed by atoms with Gasteiger partial charge < -0.3 is 10.3 Å². The van der Waals surface area contributed by atoms with Gasteiger partial charge in [-0.1, -0.05) is 0 Å². The highest BCUT2D eigenvalue weighted by Gasteiger charge is 2.05. The lowest BCUT2D eigenvalue weighted by Gasteiger charge is -2.05. The van der Waals surface area contributed by atoms with Crippen LogP contribution in [0.4, 0.5) is 0 Å². The lowest BCUT2D eigenvalue weighted by Crippen LogP contribution is -2.15. The molecular formula is C8H15N3O2S. The van der Waals surface area contributed by atoms with Crippen molar-refractivity contribution in [3.8, 4) is 0 Å². The minimum absolute atomic E-state index is 0.140. The van der Waals surface area contributed by atoms with Crippen molar-refractivity contribution in [3.63, 3.8) is 0 Å². The van der Waals surface area contributed by atoms with Crippen molar-refractivity contribution in [3.05, 3.63) is 18.2 Å². The zero-order chi connectivity index (χ0) is 10.6. The normalized spacial score (nSPS) is 11.9. The number of hydrogen-bond donors (Lipinski definition) is 1. The largest absolute Gasteiger partial charge is 0.334 e. The van der Waals surface area contributed by atoms with Crippen LogP contribution in [0.2, 0.25) is 0 Å². The summed E-state index contributed by atoms with van der Waals surface area (Å²) in [5.41, 5.74) is 5.40. The molecule has 0 fully saturated rings. The van der Waals surface area contributed by atoms with Gasteiger partial charge in [0.25, 0.3) is 0 Å². The number of nitrogens with two attached hydrogens (primary N) is 1. The molecule has 0 bridgehead atoms. The van der Waals surface area contributed by atoms with Gasteiger partial charge in [0.15, 0.2) is 0 Å². The van der Waals surface area contributed by atoms with Gasteiger partial charge in [0.05, 0.1) is 5.75 Å². The average Bonchev–Trinajstić information content (AvgIpc) is 2.48. The van der Waals surface area contributed by atoms with E-state index >= 15 is 0 Å². The van der Waals surface area contributed by atoms with Crippen molar-refractivity contribution in [1.29, 1.82) is 0 Å². The topological polar surface area (TPSA) is 78.0 Å². The highest BCUT2D eigenvalue weighted by atomic mass is 32.2. The zero-order valence-electron chi connectivity index (χ0n) is 8.18. The van der Waals surface area contributed by atoms with E-state index in [4.69, 9.17) is 5.73 Å². The first-order chi connectivity index (χ1) is 6.53. The predicted molar refractivity (Wildman–Crippen MR) is 54.7 cm³/mol. The van der Waals surface area contributed by atoms with Gasteiger partial charge in [-0.05, 0) is 6.54 Å². The van der Waals surface area contributed by atoms with Gasteiger partial charge in [0.2, 0.25) is 0 Å². The minimum Gasteiger partial charge on any atom is -0.334 e. The fourth-order valence-corrected chi connectivity index (χ4v) is 1.69. The van der Waals surface area contributed by atoms with E-state index in [2.05, 4.69) is 4.98 Å². The first kappa shape index (κ1) is 11.2. The van der Waals surface area contributed by atoms with E-state index in [1.807, 2.05) is 4.57 Å². The summed E-state index contributed by atoms with van der Waals surface area (Å²) in [6.07, 6.45) is 5.34. The Morgan fingerprint density at radius 3 is 2.86 bits per heavy atom. The molecule has 0 aliphatic carbocycles. The van der Waals surface area contributed by atoms with Crippen molar-refractivity contribution in [1.82, 2.24) is 9.55 Å². The van der Waals surface area contributed by atoms with Crippen LogP contribution in [-0.4, -0.2) is 36.5 Å². The van der Waals surface area contributed by atoms with Crippen molar-refractivity contribution < 1.29 is 8.42 Å². The number of sulfone groups is 1. The van der Waals surface area contributed by atoms with Crippen LogP contribution in [0.1, 0.15) is 5.82 Å². The van der Waals surface area contributed by atoms with Gasteiger partial charge in [-0.3, -0.25) is 0 Å². The molecule has 1 aromatic rings. The number of aryl methyl sites for hydroxylation is 1. The summed E-state index contributed by atoms with van der Waals surface area (Å²) in [5.74, 6) is 0.983. The highest BCUT2D eigenvalue weighted by molar-refractivity contribution is 7.90. The van der Waals surface area contributed by atoms with Gasteiger partial charge >= 0.3 is 0 Å². The number of rotatable bonds is 5. The molecule has 0 amide bonds. The quantitative estimate of drug-likeness (QED) is 0.716. The van der Waals surface area contributed by atoms with Gasteiger partial charge in [0.1, 0.15) is 15.7 Å². The second-order valence-corrected chi connectivity index (χ2v) is 5.47. The molecular weight excluding hydrogens is 202 g/mol. The first-order valence-electron chi connectivity index (χ1n) is 4.41. The van der Waals surface area contributed by atoms with E-state index in [0.29, 0.717) is 19.5 Å². The summed E-state index contributed by atoms with van der Waals surface area (Å²) in [4.78, 5) is 4.09. The maximum Gasteiger partial charge on any atom is 0.149 e. The smallest absolute Gasteiger partial charge is 0.149 e. The van der Waals surface area contributed by atoms with Crippen LogP contribution in [0.15, 0.2) is 12.4 Å². The fourth-order valence-electron chi connectivity index (χ4n) is 1.17. The molecule has 0 radical (unpaired) electrons. The SMILES string of the molecule is CS(=O)(=O)CCn1ccnc1CCN. The van der Waals surface area contributed by atoms with Crippen LogP contribution < -0.4 is 5.73 Å². The van der Waals surface area contributed by atoms with Gasteiger partial charge in [-0.25, -0.2) is 13.4 Å². The molecule has 6 heteroatoms. The average molecular weight is 217 g/mol. The molecule has 0 saturated carbocycles. The molecule has 0 aliphatic heterocycles. The summed E-state index contributed by atoms with van der Waals surface area (Å²) < 4.78 is 23.7. The molecule has 0 spiro atoms. The third kappa shape index (κ3) is 3.47. The van der Waals surface area contributed by atoms with Crippen LogP contribution in [0.5, 0.6) is 0 Å². The highest BCUT2D eigenvalue weighted by Crippen LogP contribution is 1.99. The Morgan fingerprint density at radius 1 is 1.57 bits per heavy atom. The second kappa shape index (κ2) is 4.56. The molecule has 0 aromatic carbocycles. The van der Waals surface area contributed by atoms with Gasteiger partial charge in [0, 0.05) is 31.6 Å². The molecule has 14 heavy (non-hydrogen) atoms. The number of nitrogens with zero attached hydrogens (tertiary/aromatic N) is 2. The van der Waals surface area contributed by atoms with E-state index in [-0.39, 0.29) is 5.75 Å². The molecule has 1 heterocycles. The first-order valence-corrected chi connectivity index (χ1v) is 6.47. The third-order valence-corrected chi connectivity index (χ3v) is 2.80. The number of imidazole rings is 1. The summed E-state index contributed by atoms with van der Waals surface area (Å²) in [6, 6.07) is 0. The molecule has 1 rings (SSSR count). The van der Waals surface area contributed by atoms with E-state index in [9.17, 15) is 8.42 Å². The Balaban J connectivity index is 2.62. The minimum atomic E-state index is -2.91. The molecule has 5 nitrogen and oxygen atoms in total. The monoisotopic (exact) mass is 217 g/mol. The number of hydrogen-bond acceptors (Lipinski definition) is 4. The Labute approximate surface area is 83.9 Å². The van der Waals surface area contributed by atoms with Crippen molar-refractivity contribution >= 4 is 9.84 Å². The second-order valence-electron chi connectivity index (χ2n) is 3.21. The van der Waals surface area contributed by atoms with Crippen LogP contribution in [0, 0.1) is 0 Å². The Morgan fingerprint density at radius 2 is 2.29 bits per heavy atom. The lowest BCUT2D eigenvalue weighted by atomic mass is 10.4. The Hall–Kier alpha value is -0.880. The summed E-state index contributed by atoms with van der Waals surface area (Å²) in [7, 11) is -2.91. The van der Waals surface area contributed by atoms with E-state index in [0.717, 1.165) is 5.82 Å². The molecule has 80 valence electrons. The molecule has 2 N–H and O–H groups in total. The molecule has 0 atom stereocenters.